The lowest BCUT2D eigenvalue weighted by atomic mass is 10.2. The van der Waals surface area contributed by atoms with E-state index < -0.39 is 27.8 Å². The van der Waals surface area contributed by atoms with Gasteiger partial charge in [-0.05, 0) is 43.3 Å². The van der Waals surface area contributed by atoms with E-state index in [0.29, 0.717) is 0 Å². The van der Waals surface area contributed by atoms with Crippen molar-refractivity contribution in [3.63, 3.8) is 0 Å². The summed E-state index contributed by atoms with van der Waals surface area (Å²) in [6, 6.07) is 6.91. The minimum Gasteiger partial charge on any atom is -0.495 e. The predicted octanol–water partition coefficient (Wildman–Crippen LogP) is 3.93. The van der Waals surface area contributed by atoms with Gasteiger partial charge in [-0.1, -0.05) is 23.2 Å². The molecule has 2 aromatic carbocycles. The second-order valence-electron chi connectivity index (χ2n) is 5.67. The molecule has 0 spiro atoms. The van der Waals surface area contributed by atoms with Gasteiger partial charge in [-0.2, -0.15) is 0 Å². The van der Waals surface area contributed by atoms with Gasteiger partial charge in [0, 0.05) is 10.7 Å². The van der Waals surface area contributed by atoms with Crippen molar-refractivity contribution < 1.29 is 22.3 Å². The van der Waals surface area contributed by atoms with E-state index in [0.717, 1.165) is 16.6 Å². The zero-order valence-electron chi connectivity index (χ0n) is 14.7. The van der Waals surface area contributed by atoms with Crippen LogP contribution in [0, 0.1) is 5.82 Å². The largest absolute Gasteiger partial charge is 0.495 e. The van der Waals surface area contributed by atoms with Gasteiger partial charge in [0.2, 0.25) is 15.9 Å². The number of hydrogen-bond donors (Lipinski definition) is 1. The highest BCUT2D eigenvalue weighted by Crippen LogP contribution is 2.34. The van der Waals surface area contributed by atoms with Gasteiger partial charge < -0.3 is 10.1 Å². The predicted molar refractivity (Wildman–Crippen MR) is 105 cm³/mol. The van der Waals surface area contributed by atoms with Crippen LogP contribution in [0.5, 0.6) is 5.75 Å². The Morgan fingerprint density at radius 3 is 2.44 bits per heavy atom. The molecule has 0 aliphatic rings. The highest BCUT2D eigenvalue weighted by molar-refractivity contribution is 7.92. The Balaban J connectivity index is 2.41. The highest BCUT2D eigenvalue weighted by Gasteiger charge is 2.31. The molecular formula is C17H17Cl2FN2O4S. The Bertz CT molecular complexity index is 969. The zero-order valence-corrected chi connectivity index (χ0v) is 17.0. The number of ether oxygens (including phenoxy) is 1. The van der Waals surface area contributed by atoms with Crippen LogP contribution in [-0.4, -0.2) is 33.7 Å². The van der Waals surface area contributed by atoms with Crippen LogP contribution in [0.4, 0.5) is 15.8 Å². The number of carbonyl (C=O) groups is 1. The molecule has 2 aromatic rings. The van der Waals surface area contributed by atoms with Crippen molar-refractivity contribution in [1.82, 2.24) is 0 Å². The van der Waals surface area contributed by atoms with E-state index in [4.69, 9.17) is 27.9 Å². The van der Waals surface area contributed by atoms with Crippen LogP contribution in [0.25, 0.3) is 0 Å². The topological polar surface area (TPSA) is 75.7 Å². The van der Waals surface area contributed by atoms with Crippen LogP contribution in [0.2, 0.25) is 10.0 Å². The third kappa shape index (κ3) is 5.03. The SMILES string of the molecule is COc1ccc(Cl)cc1N([C@H](C)C(=O)Nc1ccc(F)c(Cl)c1)S(C)(=O)=O. The van der Waals surface area contributed by atoms with Crippen molar-refractivity contribution in [3.05, 3.63) is 52.3 Å². The smallest absolute Gasteiger partial charge is 0.247 e. The van der Waals surface area contributed by atoms with E-state index in [-0.39, 0.29) is 27.2 Å². The molecule has 2 rings (SSSR count). The molecule has 10 heteroatoms. The zero-order chi connectivity index (χ0) is 20.4. The molecule has 0 fully saturated rings. The first-order valence-electron chi connectivity index (χ1n) is 7.63. The number of methoxy groups -OCH3 is 1. The van der Waals surface area contributed by atoms with Crippen molar-refractivity contribution in [2.24, 2.45) is 0 Å². The molecule has 0 aliphatic heterocycles. The number of nitrogens with one attached hydrogen (secondary N) is 1. The maximum absolute atomic E-state index is 13.3. The third-order valence-electron chi connectivity index (χ3n) is 3.65. The van der Waals surface area contributed by atoms with E-state index in [9.17, 15) is 17.6 Å². The average molecular weight is 435 g/mol. The van der Waals surface area contributed by atoms with Crippen molar-refractivity contribution in [2.75, 3.05) is 23.0 Å². The highest BCUT2D eigenvalue weighted by atomic mass is 35.5. The van der Waals surface area contributed by atoms with Gasteiger partial charge in [0.25, 0.3) is 0 Å². The molecule has 0 unspecified atom stereocenters. The Morgan fingerprint density at radius 1 is 1.22 bits per heavy atom. The Labute approximate surface area is 166 Å². The molecule has 6 nitrogen and oxygen atoms in total. The second kappa shape index (κ2) is 8.33. The van der Waals surface area contributed by atoms with Crippen LogP contribution >= 0.6 is 23.2 Å². The van der Waals surface area contributed by atoms with Crippen molar-refractivity contribution in [1.29, 1.82) is 0 Å². The molecule has 27 heavy (non-hydrogen) atoms. The molecule has 0 aromatic heterocycles. The molecule has 1 amide bonds. The van der Waals surface area contributed by atoms with E-state index >= 15 is 0 Å². The second-order valence-corrected chi connectivity index (χ2v) is 8.37. The fourth-order valence-corrected chi connectivity index (χ4v) is 3.95. The summed E-state index contributed by atoms with van der Waals surface area (Å²) in [5.41, 5.74) is 0.344. The van der Waals surface area contributed by atoms with Crippen LogP contribution in [0.3, 0.4) is 0 Å². The molecular weight excluding hydrogens is 418 g/mol. The lowest BCUT2D eigenvalue weighted by Gasteiger charge is -2.29. The number of benzene rings is 2. The molecule has 0 heterocycles. The minimum absolute atomic E-state index is 0.118. The summed E-state index contributed by atoms with van der Waals surface area (Å²) < 4.78 is 44.1. The first kappa shape index (κ1) is 21.3. The normalized spacial score (nSPS) is 12.4. The summed E-state index contributed by atoms with van der Waals surface area (Å²) in [7, 11) is -2.50. The molecule has 1 N–H and O–H groups in total. The Hall–Kier alpha value is -2.03. The van der Waals surface area contributed by atoms with Crippen LogP contribution < -0.4 is 14.4 Å². The molecule has 0 radical (unpaired) electrons. The lowest BCUT2D eigenvalue weighted by molar-refractivity contribution is -0.116. The van der Waals surface area contributed by atoms with Crippen LogP contribution in [-0.2, 0) is 14.8 Å². The minimum atomic E-state index is -3.87. The molecule has 0 saturated carbocycles. The van der Waals surface area contributed by atoms with Crippen LogP contribution in [0.15, 0.2) is 36.4 Å². The van der Waals surface area contributed by atoms with Gasteiger partial charge in [0.05, 0.1) is 24.1 Å². The number of sulfonamides is 1. The summed E-state index contributed by atoms with van der Waals surface area (Å²) in [6.07, 6.45) is 0.964. The fraction of sp³-hybridized carbons (Fsp3) is 0.235. The Kier molecular flexibility index (Phi) is 6.56. The molecule has 0 bridgehead atoms. The van der Waals surface area contributed by atoms with Crippen molar-refractivity contribution in [2.45, 2.75) is 13.0 Å². The fourth-order valence-electron chi connectivity index (χ4n) is 2.44. The first-order valence-corrected chi connectivity index (χ1v) is 10.2. The Morgan fingerprint density at radius 2 is 1.89 bits per heavy atom. The quantitative estimate of drug-likeness (QED) is 0.746. The molecule has 1 atom stereocenters. The molecule has 146 valence electrons. The number of carbonyl (C=O) groups excluding carboxylic acids is 1. The van der Waals surface area contributed by atoms with Gasteiger partial charge in [-0.25, -0.2) is 12.8 Å². The van der Waals surface area contributed by atoms with E-state index in [1.54, 1.807) is 0 Å². The summed E-state index contributed by atoms with van der Waals surface area (Å²) in [4.78, 5) is 12.6. The number of anilines is 2. The standard InChI is InChI=1S/C17H17Cl2FN2O4S/c1-10(17(23)21-12-5-6-14(20)13(19)9-12)22(27(3,24)25)15-8-11(18)4-7-16(15)26-2/h4-10H,1-3H3,(H,21,23)/t10-/m1/s1. The summed E-state index contributed by atoms with van der Waals surface area (Å²) in [5.74, 6) is -1.05. The van der Waals surface area contributed by atoms with E-state index in [1.165, 1.54) is 44.4 Å². The van der Waals surface area contributed by atoms with Crippen molar-refractivity contribution in [3.8, 4) is 5.75 Å². The summed E-state index contributed by atoms with van der Waals surface area (Å²) in [6.45, 7) is 1.40. The van der Waals surface area contributed by atoms with Gasteiger partial charge in [0.15, 0.2) is 0 Å². The maximum atomic E-state index is 13.3. The monoisotopic (exact) mass is 434 g/mol. The van der Waals surface area contributed by atoms with Gasteiger partial charge in [0.1, 0.15) is 17.6 Å². The number of amides is 1. The van der Waals surface area contributed by atoms with Gasteiger partial charge in [-0.15, -0.1) is 0 Å². The van der Waals surface area contributed by atoms with E-state index in [2.05, 4.69) is 5.32 Å². The van der Waals surface area contributed by atoms with Gasteiger partial charge in [-0.3, -0.25) is 9.10 Å². The third-order valence-corrected chi connectivity index (χ3v) is 5.41. The lowest BCUT2D eigenvalue weighted by Crippen LogP contribution is -2.45. The number of nitrogens with zero attached hydrogens (tertiary/aromatic N) is 1. The number of hydrogen-bond acceptors (Lipinski definition) is 4. The first-order chi connectivity index (χ1) is 12.5. The van der Waals surface area contributed by atoms with Crippen molar-refractivity contribution >= 4 is 50.5 Å². The summed E-state index contributed by atoms with van der Waals surface area (Å²) in [5, 5.41) is 2.62. The van der Waals surface area contributed by atoms with Gasteiger partial charge >= 0.3 is 0 Å². The molecule has 0 saturated heterocycles. The average Bonchev–Trinajstić information content (AvgIpc) is 2.57. The number of halogens is 3. The maximum Gasteiger partial charge on any atom is 0.247 e. The van der Waals surface area contributed by atoms with Crippen LogP contribution in [0.1, 0.15) is 6.92 Å². The van der Waals surface area contributed by atoms with E-state index in [1.807, 2.05) is 0 Å². The summed E-state index contributed by atoms with van der Waals surface area (Å²) >= 11 is 11.7. The molecule has 0 aliphatic carbocycles. The number of rotatable bonds is 6.